The second kappa shape index (κ2) is 9.12. The van der Waals surface area contributed by atoms with Crippen molar-refractivity contribution in [2.45, 2.75) is 0 Å². The van der Waals surface area contributed by atoms with Crippen molar-refractivity contribution in [1.82, 2.24) is 24.5 Å². The van der Waals surface area contributed by atoms with E-state index in [9.17, 15) is 13.6 Å². The van der Waals surface area contributed by atoms with Gasteiger partial charge in [-0.15, -0.1) is 10.2 Å². The van der Waals surface area contributed by atoms with Crippen LogP contribution in [0, 0.1) is 11.6 Å². The number of aromatic nitrogens is 4. The van der Waals surface area contributed by atoms with Crippen LogP contribution in [0.5, 0.6) is 5.75 Å². The highest BCUT2D eigenvalue weighted by atomic mass is 19.1. The minimum atomic E-state index is -0.863. The third-order valence-electron chi connectivity index (χ3n) is 6.58. The number of benzene rings is 3. The molecule has 0 N–H and O–H groups in total. The van der Waals surface area contributed by atoms with Crippen LogP contribution in [0.1, 0.15) is 10.4 Å². The van der Waals surface area contributed by atoms with E-state index in [1.54, 1.807) is 7.11 Å². The van der Waals surface area contributed by atoms with Crippen LogP contribution in [-0.4, -0.2) is 63.7 Å². The molecule has 5 aromatic rings. The molecule has 6 rings (SSSR count). The van der Waals surface area contributed by atoms with Gasteiger partial charge in [0.05, 0.1) is 12.6 Å². The lowest BCUT2D eigenvalue weighted by atomic mass is 10.1. The van der Waals surface area contributed by atoms with Gasteiger partial charge in [0.25, 0.3) is 5.91 Å². The standard InChI is InChI=1S/C27H22F2N6O2/c1-37-18-7-4-6-17(16-18)24-31-32-25-19-8-2-3-11-22(19)30-27(35(24)25)34-14-12-33(13-15-34)26(36)23-20(28)9-5-10-21(23)29/h2-11,16H,12-15H2,1H3. The molecule has 0 aliphatic carbocycles. The Morgan fingerprint density at radius 1 is 0.892 bits per heavy atom. The van der Waals surface area contributed by atoms with Crippen LogP contribution >= 0.6 is 0 Å². The van der Waals surface area contributed by atoms with Crippen molar-refractivity contribution in [2.24, 2.45) is 0 Å². The lowest BCUT2D eigenvalue weighted by molar-refractivity contribution is 0.0736. The summed E-state index contributed by atoms with van der Waals surface area (Å²) in [6.45, 7) is 1.38. The molecule has 8 nitrogen and oxygen atoms in total. The van der Waals surface area contributed by atoms with Gasteiger partial charge in [-0.3, -0.25) is 4.79 Å². The first-order valence-corrected chi connectivity index (χ1v) is 11.8. The normalized spacial score (nSPS) is 13.9. The number of hydrogen-bond acceptors (Lipinski definition) is 6. The highest BCUT2D eigenvalue weighted by Crippen LogP contribution is 2.30. The molecule has 1 amide bonds. The van der Waals surface area contributed by atoms with Crippen LogP contribution in [0.2, 0.25) is 0 Å². The number of fused-ring (bicyclic) bond motifs is 3. The highest BCUT2D eigenvalue weighted by Gasteiger charge is 2.29. The number of ether oxygens (including phenoxy) is 1. The van der Waals surface area contributed by atoms with Gasteiger partial charge < -0.3 is 14.5 Å². The Morgan fingerprint density at radius 3 is 2.38 bits per heavy atom. The van der Waals surface area contributed by atoms with Gasteiger partial charge in [0.15, 0.2) is 11.5 Å². The molecule has 2 aromatic heterocycles. The maximum Gasteiger partial charge on any atom is 0.259 e. The van der Waals surface area contributed by atoms with Gasteiger partial charge in [-0.25, -0.2) is 18.2 Å². The van der Waals surface area contributed by atoms with Crippen molar-refractivity contribution in [1.29, 1.82) is 0 Å². The fourth-order valence-corrected chi connectivity index (χ4v) is 4.70. The van der Waals surface area contributed by atoms with Gasteiger partial charge in [0.1, 0.15) is 22.9 Å². The molecule has 1 aliphatic rings. The van der Waals surface area contributed by atoms with Crippen LogP contribution in [0.15, 0.2) is 66.7 Å². The molecule has 0 unspecified atom stereocenters. The number of halogens is 2. The molecule has 10 heteroatoms. The Bertz CT molecular complexity index is 1630. The molecule has 37 heavy (non-hydrogen) atoms. The van der Waals surface area contributed by atoms with Crippen molar-refractivity contribution in [3.05, 3.63) is 83.9 Å². The summed E-state index contributed by atoms with van der Waals surface area (Å²) in [4.78, 5) is 21.3. The van der Waals surface area contributed by atoms with Crippen LogP contribution in [0.4, 0.5) is 14.7 Å². The molecule has 1 fully saturated rings. The Labute approximate surface area is 210 Å². The molecule has 0 atom stereocenters. The lowest BCUT2D eigenvalue weighted by Gasteiger charge is -2.35. The fraction of sp³-hybridized carbons (Fsp3) is 0.185. The topological polar surface area (TPSA) is 75.9 Å². The molecule has 0 spiro atoms. The summed E-state index contributed by atoms with van der Waals surface area (Å²) < 4.78 is 35.7. The summed E-state index contributed by atoms with van der Waals surface area (Å²) in [6, 6.07) is 18.7. The Morgan fingerprint density at radius 2 is 1.62 bits per heavy atom. The third-order valence-corrected chi connectivity index (χ3v) is 6.58. The molecular weight excluding hydrogens is 478 g/mol. The lowest BCUT2D eigenvalue weighted by Crippen LogP contribution is -2.49. The predicted octanol–water partition coefficient (Wildman–Crippen LogP) is 4.19. The number of piperazine rings is 1. The molecular formula is C27H22F2N6O2. The summed E-state index contributed by atoms with van der Waals surface area (Å²) in [7, 11) is 1.61. The summed E-state index contributed by atoms with van der Waals surface area (Å²) in [5.41, 5.74) is 1.71. The number of para-hydroxylation sites is 1. The monoisotopic (exact) mass is 500 g/mol. The van der Waals surface area contributed by atoms with Gasteiger partial charge in [-0.1, -0.05) is 30.3 Å². The van der Waals surface area contributed by atoms with E-state index in [1.807, 2.05) is 57.8 Å². The summed E-state index contributed by atoms with van der Waals surface area (Å²) >= 11 is 0. The smallest absolute Gasteiger partial charge is 0.259 e. The molecule has 0 radical (unpaired) electrons. The first-order valence-electron chi connectivity index (χ1n) is 11.8. The summed E-state index contributed by atoms with van der Waals surface area (Å²) in [5.74, 6) is -0.462. The molecule has 3 aromatic carbocycles. The van der Waals surface area contributed by atoms with E-state index in [0.717, 1.165) is 28.6 Å². The van der Waals surface area contributed by atoms with Crippen LogP contribution in [-0.2, 0) is 0 Å². The number of anilines is 1. The van der Waals surface area contributed by atoms with Crippen LogP contribution in [0.3, 0.4) is 0 Å². The molecule has 186 valence electrons. The number of hydrogen-bond donors (Lipinski definition) is 0. The largest absolute Gasteiger partial charge is 0.497 e. The van der Waals surface area contributed by atoms with Crippen LogP contribution < -0.4 is 9.64 Å². The zero-order chi connectivity index (χ0) is 25.5. The zero-order valence-electron chi connectivity index (χ0n) is 19.9. The number of carbonyl (C=O) groups excluding carboxylic acids is 1. The second-order valence-corrected chi connectivity index (χ2v) is 8.72. The van der Waals surface area contributed by atoms with E-state index >= 15 is 0 Å². The number of carbonyl (C=O) groups is 1. The highest BCUT2D eigenvalue weighted by molar-refractivity contribution is 5.95. The SMILES string of the molecule is COc1cccc(-c2nnc3c4ccccc4nc(N4CCN(C(=O)c5c(F)cccc5F)CC4)n23)c1. The number of nitrogens with zero attached hydrogens (tertiary/aromatic N) is 6. The van der Waals surface area contributed by atoms with E-state index < -0.39 is 23.1 Å². The zero-order valence-corrected chi connectivity index (χ0v) is 19.9. The van der Waals surface area contributed by atoms with Crippen molar-refractivity contribution >= 4 is 28.4 Å². The van der Waals surface area contributed by atoms with Crippen LogP contribution in [0.25, 0.3) is 27.9 Å². The van der Waals surface area contributed by atoms with Gasteiger partial charge in [-0.2, -0.15) is 0 Å². The number of methoxy groups -OCH3 is 1. The van der Waals surface area contributed by atoms with Gasteiger partial charge >= 0.3 is 0 Å². The molecule has 1 aliphatic heterocycles. The molecule has 1 saturated heterocycles. The molecule has 0 bridgehead atoms. The summed E-state index contributed by atoms with van der Waals surface area (Å²) in [5, 5.41) is 9.84. The maximum atomic E-state index is 14.2. The van der Waals surface area contributed by atoms with Gasteiger partial charge in [0, 0.05) is 37.1 Å². The Hall–Kier alpha value is -4.60. The number of rotatable bonds is 4. The van der Waals surface area contributed by atoms with Gasteiger partial charge in [0.2, 0.25) is 5.95 Å². The third kappa shape index (κ3) is 3.90. The van der Waals surface area contributed by atoms with Gasteiger partial charge in [-0.05, 0) is 36.4 Å². The van der Waals surface area contributed by atoms with E-state index in [2.05, 4.69) is 10.2 Å². The Balaban J connectivity index is 1.39. The summed E-state index contributed by atoms with van der Waals surface area (Å²) in [6.07, 6.45) is 0. The van der Waals surface area contributed by atoms with Crippen molar-refractivity contribution in [2.75, 3.05) is 38.2 Å². The number of amides is 1. The minimum absolute atomic E-state index is 0.277. The molecule has 3 heterocycles. The average Bonchev–Trinajstić information content (AvgIpc) is 3.38. The van der Waals surface area contributed by atoms with E-state index in [0.29, 0.717) is 36.3 Å². The predicted molar refractivity (Wildman–Crippen MR) is 135 cm³/mol. The average molecular weight is 501 g/mol. The first-order chi connectivity index (χ1) is 18.0. The van der Waals surface area contributed by atoms with Crippen molar-refractivity contribution in [3.8, 4) is 17.1 Å². The quantitative estimate of drug-likeness (QED) is 0.368. The van der Waals surface area contributed by atoms with E-state index in [1.165, 1.54) is 11.0 Å². The van der Waals surface area contributed by atoms with E-state index in [-0.39, 0.29) is 13.1 Å². The van der Waals surface area contributed by atoms with Crippen molar-refractivity contribution in [3.63, 3.8) is 0 Å². The first kappa shape index (κ1) is 22.8. The maximum absolute atomic E-state index is 14.2. The van der Waals surface area contributed by atoms with Crippen molar-refractivity contribution < 1.29 is 18.3 Å². The Kier molecular flexibility index (Phi) is 5.63. The fourth-order valence-electron chi connectivity index (χ4n) is 4.70. The molecule has 0 saturated carbocycles. The minimum Gasteiger partial charge on any atom is -0.497 e. The van der Waals surface area contributed by atoms with E-state index in [4.69, 9.17) is 9.72 Å². The second-order valence-electron chi connectivity index (χ2n) is 8.72.